The molecule has 0 saturated carbocycles. The van der Waals surface area contributed by atoms with Crippen molar-refractivity contribution in [1.82, 2.24) is 4.98 Å². The summed E-state index contributed by atoms with van der Waals surface area (Å²) in [5, 5.41) is 13.0. The van der Waals surface area contributed by atoms with E-state index in [9.17, 15) is 18.0 Å². The van der Waals surface area contributed by atoms with Crippen molar-refractivity contribution in [3.63, 3.8) is 0 Å². The summed E-state index contributed by atoms with van der Waals surface area (Å²) in [6.07, 6.45) is -3.46. The highest BCUT2D eigenvalue weighted by atomic mass is 35.5. The van der Waals surface area contributed by atoms with Gasteiger partial charge in [-0.25, -0.2) is 0 Å². The molecule has 0 radical (unpaired) electrons. The molecule has 0 aliphatic heterocycles. The Morgan fingerprint density at radius 2 is 1.80 bits per heavy atom. The molecule has 0 aliphatic carbocycles. The lowest BCUT2D eigenvalue weighted by molar-refractivity contribution is -0.274. The maximum absolute atomic E-state index is 14.2. The number of nitrogens with one attached hydrogen (secondary N) is 2. The van der Waals surface area contributed by atoms with Crippen LogP contribution in [0, 0.1) is 6.92 Å². The monoisotopic (exact) mass is 578 g/mol. The Labute approximate surface area is 232 Å². The fourth-order valence-electron chi connectivity index (χ4n) is 4.33. The largest absolute Gasteiger partial charge is 0.573 e. The molecule has 0 aliphatic rings. The molecule has 4 aromatic rings. The van der Waals surface area contributed by atoms with E-state index >= 15 is 0 Å². The Kier molecular flexibility index (Phi) is 8.65. The van der Waals surface area contributed by atoms with Crippen LogP contribution in [0.3, 0.4) is 0 Å². The lowest BCUT2D eigenvalue weighted by Crippen LogP contribution is -2.22. The summed E-state index contributed by atoms with van der Waals surface area (Å²) in [7, 11) is 2.90. The number of halogens is 4. The van der Waals surface area contributed by atoms with Crippen LogP contribution in [-0.4, -0.2) is 49.7 Å². The van der Waals surface area contributed by atoms with Gasteiger partial charge < -0.3 is 34.4 Å². The summed E-state index contributed by atoms with van der Waals surface area (Å²) in [6, 6.07) is 11.0. The van der Waals surface area contributed by atoms with Crippen LogP contribution < -0.4 is 24.3 Å². The van der Waals surface area contributed by atoms with Crippen LogP contribution in [0.15, 0.2) is 54.7 Å². The van der Waals surface area contributed by atoms with Crippen LogP contribution in [0.2, 0.25) is 5.02 Å². The number of hydrogen-bond donors (Lipinski definition) is 3. The fraction of sp³-hybridized carbons (Fsp3) is 0.250. The zero-order chi connectivity index (χ0) is 29.0. The Morgan fingerprint density at radius 1 is 1.05 bits per heavy atom. The van der Waals surface area contributed by atoms with Crippen molar-refractivity contribution in [2.45, 2.75) is 19.3 Å². The molecule has 1 atom stereocenters. The third-order valence-electron chi connectivity index (χ3n) is 6.01. The Morgan fingerprint density at radius 3 is 2.48 bits per heavy atom. The van der Waals surface area contributed by atoms with Gasteiger partial charge in [0.1, 0.15) is 35.6 Å². The average Bonchev–Trinajstić information content (AvgIpc) is 3.33. The SMILES string of the molecule is COc1cc(NC(C(=O)c2c[nH]c3c(C)cc(OC(F)(F)F)cc23)c2ccc(Cl)cc2OC)cc(OCCO)c1. The van der Waals surface area contributed by atoms with Crippen molar-refractivity contribution >= 4 is 34.0 Å². The second-order valence-corrected chi connectivity index (χ2v) is 9.15. The molecule has 0 spiro atoms. The number of fused-ring (bicyclic) bond motifs is 1. The molecular formula is C28H26ClF3N2O6. The summed E-state index contributed by atoms with van der Waals surface area (Å²) >= 11 is 6.16. The van der Waals surface area contributed by atoms with Gasteiger partial charge in [-0.1, -0.05) is 17.7 Å². The van der Waals surface area contributed by atoms with Gasteiger partial charge in [-0.15, -0.1) is 13.2 Å². The van der Waals surface area contributed by atoms with E-state index in [4.69, 9.17) is 30.9 Å². The maximum atomic E-state index is 14.2. The second kappa shape index (κ2) is 12.0. The van der Waals surface area contributed by atoms with Crippen LogP contribution >= 0.6 is 11.6 Å². The first-order valence-electron chi connectivity index (χ1n) is 12.0. The third kappa shape index (κ3) is 6.54. The molecule has 0 bridgehead atoms. The van der Waals surface area contributed by atoms with Crippen molar-refractivity contribution in [2.24, 2.45) is 0 Å². The summed E-state index contributed by atoms with van der Waals surface area (Å²) in [5.41, 5.74) is 1.93. The summed E-state index contributed by atoms with van der Waals surface area (Å²) in [6.45, 7) is 1.44. The minimum Gasteiger partial charge on any atom is -0.497 e. The number of aliphatic hydroxyl groups is 1. The molecule has 8 nitrogen and oxygen atoms in total. The van der Waals surface area contributed by atoms with Gasteiger partial charge in [-0.3, -0.25) is 4.79 Å². The minimum atomic E-state index is -4.90. The molecule has 4 rings (SSSR count). The number of carbonyl (C=O) groups is 1. The van der Waals surface area contributed by atoms with E-state index in [-0.39, 0.29) is 24.2 Å². The lowest BCUT2D eigenvalue weighted by Gasteiger charge is -2.22. The van der Waals surface area contributed by atoms with Gasteiger partial charge in [-0.05, 0) is 36.8 Å². The molecule has 212 valence electrons. The lowest BCUT2D eigenvalue weighted by atomic mass is 9.95. The van der Waals surface area contributed by atoms with Gasteiger partial charge in [0.15, 0.2) is 5.78 Å². The zero-order valence-corrected chi connectivity index (χ0v) is 22.4. The number of aromatic nitrogens is 1. The van der Waals surface area contributed by atoms with Crippen LogP contribution in [0.5, 0.6) is 23.0 Å². The summed E-state index contributed by atoms with van der Waals surface area (Å²) in [4.78, 5) is 17.2. The number of H-pyrrole nitrogens is 1. The number of benzene rings is 3. The first kappa shape index (κ1) is 28.9. The van der Waals surface area contributed by atoms with Crippen molar-refractivity contribution < 1.29 is 42.0 Å². The van der Waals surface area contributed by atoms with Gasteiger partial charge in [0.25, 0.3) is 0 Å². The van der Waals surface area contributed by atoms with Crippen molar-refractivity contribution in [3.05, 3.63) is 76.4 Å². The van der Waals surface area contributed by atoms with Crippen LogP contribution in [0.25, 0.3) is 10.9 Å². The highest BCUT2D eigenvalue weighted by molar-refractivity contribution is 6.30. The number of carbonyl (C=O) groups excluding carboxylic acids is 1. The number of alkyl halides is 3. The topological polar surface area (TPSA) is 102 Å². The van der Waals surface area contributed by atoms with E-state index in [1.807, 2.05) is 0 Å². The molecule has 0 fully saturated rings. The predicted molar refractivity (Wildman–Crippen MR) is 144 cm³/mol. The normalized spacial score (nSPS) is 12.2. The molecule has 1 heterocycles. The van der Waals surface area contributed by atoms with E-state index in [0.29, 0.717) is 44.6 Å². The summed E-state index contributed by atoms with van der Waals surface area (Å²) < 4.78 is 59.5. The molecule has 0 amide bonds. The second-order valence-electron chi connectivity index (χ2n) is 8.71. The number of aryl methyl sites for hydroxylation is 1. The molecule has 3 aromatic carbocycles. The van der Waals surface area contributed by atoms with E-state index in [2.05, 4.69) is 15.0 Å². The van der Waals surface area contributed by atoms with E-state index in [0.717, 1.165) is 0 Å². The molecule has 1 aromatic heterocycles. The van der Waals surface area contributed by atoms with Gasteiger partial charge in [0.05, 0.1) is 20.8 Å². The first-order valence-corrected chi connectivity index (χ1v) is 12.3. The van der Waals surface area contributed by atoms with Crippen LogP contribution in [-0.2, 0) is 0 Å². The van der Waals surface area contributed by atoms with Crippen molar-refractivity contribution in [3.8, 4) is 23.0 Å². The maximum Gasteiger partial charge on any atom is 0.573 e. The van der Waals surface area contributed by atoms with Crippen molar-refractivity contribution in [2.75, 3.05) is 32.8 Å². The Hall–Kier alpha value is -4.09. The quantitative estimate of drug-likeness (QED) is 0.176. The number of anilines is 1. The Balaban J connectivity index is 1.84. The van der Waals surface area contributed by atoms with Crippen LogP contribution in [0.1, 0.15) is 27.5 Å². The number of aromatic amines is 1. The molecule has 3 N–H and O–H groups in total. The number of ketones is 1. The smallest absolute Gasteiger partial charge is 0.497 e. The number of ether oxygens (including phenoxy) is 4. The highest BCUT2D eigenvalue weighted by Crippen LogP contribution is 2.37. The van der Waals surface area contributed by atoms with E-state index in [1.54, 1.807) is 43.3 Å². The number of rotatable bonds is 11. The number of hydrogen-bond acceptors (Lipinski definition) is 7. The number of aliphatic hydroxyl groups excluding tert-OH is 1. The van der Waals surface area contributed by atoms with E-state index in [1.165, 1.54) is 32.5 Å². The fourth-order valence-corrected chi connectivity index (χ4v) is 4.49. The third-order valence-corrected chi connectivity index (χ3v) is 6.25. The highest BCUT2D eigenvalue weighted by Gasteiger charge is 2.32. The van der Waals surface area contributed by atoms with Crippen molar-refractivity contribution in [1.29, 1.82) is 0 Å². The molecular weight excluding hydrogens is 553 g/mol. The van der Waals surface area contributed by atoms with E-state index < -0.39 is 23.9 Å². The number of Topliss-reactive ketones (excluding diaryl/α,β-unsaturated/α-hetero) is 1. The Bertz CT molecular complexity index is 1520. The first-order chi connectivity index (χ1) is 19.0. The minimum absolute atomic E-state index is 0.0387. The molecule has 0 saturated heterocycles. The standard InChI is InChI=1S/C28H26ClF3N2O6/c1-15-8-20(40-28(30,31)32)13-22-23(14-33-25(15)22)27(36)26(21-5-4-16(29)9-24(21)38-3)34-17-10-18(37-2)12-19(11-17)39-7-6-35/h4-5,8-14,26,33-35H,6-7H2,1-3H3. The van der Waals surface area contributed by atoms with Gasteiger partial charge >= 0.3 is 6.36 Å². The molecule has 12 heteroatoms. The molecule has 40 heavy (non-hydrogen) atoms. The zero-order valence-electron chi connectivity index (χ0n) is 21.7. The van der Waals surface area contributed by atoms with Crippen LogP contribution in [0.4, 0.5) is 18.9 Å². The van der Waals surface area contributed by atoms with Gasteiger partial charge in [0, 0.05) is 57.1 Å². The average molecular weight is 579 g/mol. The molecule has 1 unspecified atom stereocenters. The summed E-state index contributed by atoms with van der Waals surface area (Å²) in [5.74, 6) is 0.190. The van der Waals surface area contributed by atoms with Gasteiger partial charge in [-0.2, -0.15) is 0 Å². The number of methoxy groups -OCH3 is 2. The van der Waals surface area contributed by atoms with Gasteiger partial charge in [0.2, 0.25) is 0 Å². The predicted octanol–water partition coefficient (Wildman–Crippen LogP) is 6.45.